The van der Waals surface area contributed by atoms with Gasteiger partial charge in [0.15, 0.2) is 0 Å². The minimum atomic E-state index is 0.884. The number of aromatic nitrogens is 1. The van der Waals surface area contributed by atoms with Crippen molar-refractivity contribution in [3.8, 4) is 0 Å². The third kappa shape index (κ3) is 3.39. The Kier molecular flexibility index (Phi) is 4.35. The van der Waals surface area contributed by atoms with E-state index in [0.717, 1.165) is 18.7 Å². The van der Waals surface area contributed by atoms with Gasteiger partial charge in [-0.2, -0.15) is 0 Å². The second-order valence-corrected chi connectivity index (χ2v) is 3.81. The van der Waals surface area contributed by atoms with Crippen LogP contribution in [0.25, 0.3) is 0 Å². The van der Waals surface area contributed by atoms with Crippen LogP contribution in [0.4, 0.5) is 0 Å². The van der Waals surface area contributed by atoms with Gasteiger partial charge in [0, 0.05) is 18.9 Å². The summed E-state index contributed by atoms with van der Waals surface area (Å²) in [6.45, 7) is 7.24. The third-order valence-electron chi connectivity index (χ3n) is 2.56. The van der Waals surface area contributed by atoms with Gasteiger partial charge in [-0.05, 0) is 38.0 Å². The lowest BCUT2D eigenvalue weighted by Gasteiger charge is -2.21. The fraction of sp³-hybridized carbons (Fsp3) is 0.462. The molecule has 0 atom stereocenters. The monoisotopic (exact) mass is 204 g/mol. The summed E-state index contributed by atoms with van der Waals surface area (Å²) < 4.78 is 0. The average Bonchev–Trinajstić information content (AvgIpc) is 2.19. The zero-order valence-electron chi connectivity index (χ0n) is 10.1. The molecule has 0 spiro atoms. The minimum absolute atomic E-state index is 0.884. The number of hydrogen-bond donors (Lipinski definition) is 0. The molecule has 0 bridgehead atoms. The molecule has 0 amide bonds. The molecule has 0 radical (unpaired) electrons. The standard InChI is InChI=1S/C13H20N2/c1-5-13(6-2)15(4)10-12-9-11(3)7-8-14-12/h5,7-9H,6,10H2,1-4H3/b13-5-. The fourth-order valence-corrected chi connectivity index (χ4v) is 1.72. The molecule has 2 heteroatoms. The average molecular weight is 204 g/mol. The Morgan fingerprint density at radius 1 is 1.53 bits per heavy atom. The highest BCUT2D eigenvalue weighted by Gasteiger charge is 2.03. The van der Waals surface area contributed by atoms with E-state index in [1.807, 2.05) is 12.3 Å². The molecule has 0 aliphatic heterocycles. The first-order chi connectivity index (χ1) is 7.17. The molecule has 1 aromatic rings. The lowest BCUT2D eigenvalue weighted by Crippen LogP contribution is -2.17. The first-order valence-electron chi connectivity index (χ1n) is 5.45. The SMILES string of the molecule is C/C=C(/CC)N(C)Cc1cc(C)ccn1. The lowest BCUT2D eigenvalue weighted by molar-refractivity contribution is 0.393. The summed E-state index contributed by atoms with van der Waals surface area (Å²) in [6.07, 6.45) is 5.11. The topological polar surface area (TPSA) is 16.1 Å². The highest BCUT2D eigenvalue weighted by atomic mass is 15.1. The second-order valence-electron chi connectivity index (χ2n) is 3.81. The molecular weight excluding hydrogens is 184 g/mol. The van der Waals surface area contributed by atoms with Gasteiger partial charge >= 0.3 is 0 Å². The maximum Gasteiger partial charge on any atom is 0.0599 e. The van der Waals surface area contributed by atoms with Crippen molar-refractivity contribution in [2.75, 3.05) is 7.05 Å². The Bertz CT molecular complexity index is 342. The van der Waals surface area contributed by atoms with E-state index in [0.29, 0.717) is 0 Å². The van der Waals surface area contributed by atoms with Crippen LogP contribution in [-0.4, -0.2) is 16.9 Å². The van der Waals surface area contributed by atoms with Gasteiger partial charge in [-0.25, -0.2) is 0 Å². The van der Waals surface area contributed by atoms with Gasteiger partial charge in [0.1, 0.15) is 0 Å². The van der Waals surface area contributed by atoms with Gasteiger partial charge in [-0.15, -0.1) is 0 Å². The molecule has 0 aromatic carbocycles. The van der Waals surface area contributed by atoms with Crippen LogP contribution in [0.3, 0.4) is 0 Å². The van der Waals surface area contributed by atoms with Crippen molar-refractivity contribution < 1.29 is 0 Å². The summed E-state index contributed by atoms with van der Waals surface area (Å²) in [6, 6.07) is 4.17. The van der Waals surface area contributed by atoms with Crippen molar-refractivity contribution in [3.63, 3.8) is 0 Å². The smallest absolute Gasteiger partial charge is 0.0599 e. The maximum absolute atomic E-state index is 4.36. The largest absolute Gasteiger partial charge is 0.372 e. The highest BCUT2D eigenvalue weighted by molar-refractivity contribution is 5.15. The van der Waals surface area contributed by atoms with Crippen LogP contribution >= 0.6 is 0 Å². The minimum Gasteiger partial charge on any atom is -0.372 e. The second kappa shape index (κ2) is 5.54. The first-order valence-corrected chi connectivity index (χ1v) is 5.45. The van der Waals surface area contributed by atoms with E-state index in [4.69, 9.17) is 0 Å². The van der Waals surface area contributed by atoms with Crippen molar-refractivity contribution in [3.05, 3.63) is 41.4 Å². The van der Waals surface area contributed by atoms with Gasteiger partial charge < -0.3 is 4.90 Å². The summed E-state index contributed by atoms with van der Waals surface area (Å²) in [5, 5.41) is 0. The molecule has 0 unspecified atom stereocenters. The molecule has 0 saturated carbocycles. The van der Waals surface area contributed by atoms with Crippen LogP contribution in [0.5, 0.6) is 0 Å². The van der Waals surface area contributed by atoms with Crippen molar-refractivity contribution >= 4 is 0 Å². The van der Waals surface area contributed by atoms with Gasteiger partial charge in [-0.1, -0.05) is 13.0 Å². The van der Waals surface area contributed by atoms with Gasteiger partial charge in [0.05, 0.1) is 12.2 Å². The summed E-state index contributed by atoms with van der Waals surface area (Å²) in [4.78, 5) is 6.61. The van der Waals surface area contributed by atoms with Crippen LogP contribution in [0.15, 0.2) is 30.1 Å². The Morgan fingerprint density at radius 2 is 2.27 bits per heavy atom. The van der Waals surface area contributed by atoms with Gasteiger partial charge in [0.25, 0.3) is 0 Å². The third-order valence-corrected chi connectivity index (χ3v) is 2.56. The van der Waals surface area contributed by atoms with E-state index in [1.165, 1.54) is 11.3 Å². The molecule has 1 aromatic heterocycles. The number of pyridine rings is 1. The van der Waals surface area contributed by atoms with Crippen LogP contribution < -0.4 is 0 Å². The van der Waals surface area contributed by atoms with E-state index in [-0.39, 0.29) is 0 Å². The van der Waals surface area contributed by atoms with Crippen molar-refractivity contribution in [2.45, 2.75) is 33.7 Å². The van der Waals surface area contributed by atoms with Crippen LogP contribution in [-0.2, 0) is 6.54 Å². The van der Waals surface area contributed by atoms with Gasteiger partial charge in [-0.3, -0.25) is 4.98 Å². The zero-order chi connectivity index (χ0) is 11.3. The predicted octanol–water partition coefficient (Wildman–Crippen LogP) is 3.14. The number of nitrogens with zero attached hydrogens (tertiary/aromatic N) is 2. The molecule has 82 valence electrons. The molecule has 1 heterocycles. The molecule has 0 N–H and O–H groups in total. The van der Waals surface area contributed by atoms with E-state index in [2.05, 4.69) is 49.8 Å². The Morgan fingerprint density at radius 3 is 2.80 bits per heavy atom. The molecule has 0 fully saturated rings. The Hall–Kier alpha value is -1.31. The molecule has 1 rings (SSSR count). The molecule has 0 saturated heterocycles. The quantitative estimate of drug-likeness (QED) is 0.749. The summed E-state index contributed by atoms with van der Waals surface area (Å²) in [5.41, 5.74) is 3.76. The molecule has 0 aliphatic rings. The number of hydrogen-bond acceptors (Lipinski definition) is 2. The fourth-order valence-electron chi connectivity index (χ4n) is 1.72. The first kappa shape index (κ1) is 11.8. The highest BCUT2D eigenvalue weighted by Crippen LogP contribution is 2.10. The predicted molar refractivity (Wildman–Crippen MR) is 64.5 cm³/mol. The summed E-state index contributed by atoms with van der Waals surface area (Å²) in [5.74, 6) is 0. The molecule has 2 nitrogen and oxygen atoms in total. The normalized spacial score (nSPS) is 11.6. The number of rotatable bonds is 4. The Labute approximate surface area is 92.6 Å². The van der Waals surface area contributed by atoms with E-state index < -0.39 is 0 Å². The number of allylic oxidation sites excluding steroid dienone is 2. The molecule has 0 aliphatic carbocycles. The maximum atomic E-state index is 4.36. The van der Waals surface area contributed by atoms with E-state index in [9.17, 15) is 0 Å². The van der Waals surface area contributed by atoms with Crippen LogP contribution in [0, 0.1) is 6.92 Å². The Balaban J connectivity index is 2.70. The van der Waals surface area contributed by atoms with Crippen molar-refractivity contribution in [1.82, 2.24) is 9.88 Å². The van der Waals surface area contributed by atoms with Crippen LogP contribution in [0.2, 0.25) is 0 Å². The van der Waals surface area contributed by atoms with E-state index >= 15 is 0 Å². The van der Waals surface area contributed by atoms with E-state index in [1.54, 1.807) is 0 Å². The van der Waals surface area contributed by atoms with Crippen molar-refractivity contribution in [2.24, 2.45) is 0 Å². The summed E-state index contributed by atoms with van der Waals surface area (Å²) in [7, 11) is 2.11. The molecule has 15 heavy (non-hydrogen) atoms. The van der Waals surface area contributed by atoms with Crippen LogP contribution in [0.1, 0.15) is 31.5 Å². The van der Waals surface area contributed by atoms with Gasteiger partial charge in [0.2, 0.25) is 0 Å². The molecular formula is C13H20N2. The lowest BCUT2D eigenvalue weighted by atomic mass is 10.2. The number of aryl methyl sites for hydroxylation is 1. The van der Waals surface area contributed by atoms with Crippen molar-refractivity contribution in [1.29, 1.82) is 0 Å². The zero-order valence-corrected chi connectivity index (χ0v) is 10.1. The summed E-state index contributed by atoms with van der Waals surface area (Å²) >= 11 is 0.